The van der Waals surface area contributed by atoms with Crippen LogP contribution in [-0.4, -0.2) is 38.2 Å². The van der Waals surface area contributed by atoms with Gasteiger partial charge in [-0.2, -0.15) is 11.8 Å². The third kappa shape index (κ3) is 5.71. The molecule has 2 N–H and O–H groups in total. The zero-order valence-electron chi connectivity index (χ0n) is 12.5. The molecule has 0 aliphatic heterocycles. The van der Waals surface area contributed by atoms with Crippen LogP contribution >= 0.6 is 11.8 Å². The molecule has 1 atom stereocenters. The van der Waals surface area contributed by atoms with Gasteiger partial charge in [-0.15, -0.1) is 0 Å². The van der Waals surface area contributed by atoms with E-state index in [-0.39, 0.29) is 17.5 Å². The summed E-state index contributed by atoms with van der Waals surface area (Å²) in [5, 5.41) is 8.71. The monoisotopic (exact) mass is 327 g/mol. The Kier molecular flexibility index (Phi) is 7.26. The van der Waals surface area contributed by atoms with Crippen LogP contribution in [0, 0.1) is 18.8 Å². The molecule has 0 aliphatic rings. The Morgan fingerprint density at radius 2 is 2.14 bits per heavy atom. The van der Waals surface area contributed by atoms with E-state index in [1.54, 1.807) is 36.9 Å². The molecule has 1 aromatic rings. The minimum Gasteiger partial charge on any atom is -0.395 e. The SMILES string of the molecule is CSCC(C)NS(=O)(=O)c1cc(C#CCCO)ccc1C. The molecule has 0 aliphatic carbocycles. The highest BCUT2D eigenvalue weighted by molar-refractivity contribution is 7.98. The summed E-state index contributed by atoms with van der Waals surface area (Å²) in [4.78, 5) is 0.256. The number of nitrogens with one attached hydrogen (secondary N) is 1. The van der Waals surface area contributed by atoms with Gasteiger partial charge in [0.05, 0.1) is 11.5 Å². The molecule has 6 heteroatoms. The summed E-state index contributed by atoms with van der Waals surface area (Å²) in [5.74, 6) is 6.37. The number of hydrogen-bond donors (Lipinski definition) is 2. The first-order chi connectivity index (χ1) is 9.90. The maximum Gasteiger partial charge on any atom is 0.241 e. The van der Waals surface area contributed by atoms with Crippen molar-refractivity contribution < 1.29 is 13.5 Å². The standard InChI is InChI=1S/C15H21NO3S2/c1-12-7-8-14(6-4-5-9-17)10-15(12)21(18,19)16-13(2)11-20-3/h7-8,10,13,16-17H,5,9,11H2,1-3H3. The van der Waals surface area contributed by atoms with Crippen LogP contribution in [0.4, 0.5) is 0 Å². The van der Waals surface area contributed by atoms with E-state index in [1.165, 1.54) is 0 Å². The highest BCUT2D eigenvalue weighted by atomic mass is 32.2. The van der Waals surface area contributed by atoms with Gasteiger partial charge in [-0.05, 0) is 37.8 Å². The predicted octanol–water partition coefficient (Wildman–Crippen LogP) is 1.76. The van der Waals surface area contributed by atoms with E-state index in [9.17, 15) is 8.42 Å². The van der Waals surface area contributed by atoms with Crippen molar-refractivity contribution in [3.8, 4) is 11.8 Å². The summed E-state index contributed by atoms with van der Waals surface area (Å²) in [7, 11) is -3.55. The fourth-order valence-electron chi connectivity index (χ4n) is 1.80. The molecule has 0 heterocycles. The number of hydrogen-bond acceptors (Lipinski definition) is 4. The number of aliphatic hydroxyl groups excluding tert-OH is 1. The number of aliphatic hydroxyl groups is 1. The molecule has 1 rings (SSSR count). The van der Waals surface area contributed by atoms with E-state index in [2.05, 4.69) is 16.6 Å². The second-order valence-corrected chi connectivity index (χ2v) is 7.33. The van der Waals surface area contributed by atoms with Gasteiger partial charge >= 0.3 is 0 Å². The fraction of sp³-hybridized carbons (Fsp3) is 0.467. The fourth-order valence-corrected chi connectivity index (χ4v) is 4.00. The van der Waals surface area contributed by atoms with Gasteiger partial charge in [0.15, 0.2) is 0 Å². The molecule has 116 valence electrons. The normalized spacial score (nSPS) is 12.6. The maximum atomic E-state index is 12.4. The summed E-state index contributed by atoms with van der Waals surface area (Å²) >= 11 is 1.59. The van der Waals surface area contributed by atoms with Crippen molar-refractivity contribution in [2.24, 2.45) is 0 Å². The molecule has 0 fully saturated rings. The summed E-state index contributed by atoms with van der Waals surface area (Å²) in [6, 6.07) is 4.97. The third-order valence-corrected chi connectivity index (χ3v) is 5.29. The smallest absolute Gasteiger partial charge is 0.241 e. The number of thioether (sulfide) groups is 1. The van der Waals surface area contributed by atoms with Gasteiger partial charge in [0.2, 0.25) is 10.0 Å². The van der Waals surface area contributed by atoms with Gasteiger partial charge in [0.25, 0.3) is 0 Å². The average molecular weight is 327 g/mol. The van der Waals surface area contributed by atoms with Crippen molar-refractivity contribution in [1.82, 2.24) is 4.72 Å². The first kappa shape index (κ1) is 18.1. The van der Waals surface area contributed by atoms with Crippen molar-refractivity contribution in [2.45, 2.75) is 31.2 Å². The second kappa shape index (κ2) is 8.44. The number of aryl methyl sites for hydroxylation is 1. The largest absolute Gasteiger partial charge is 0.395 e. The van der Waals surface area contributed by atoms with Crippen LogP contribution in [0.3, 0.4) is 0 Å². The van der Waals surface area contributed by atoms with E-state index < -0.39 is 10.0 Å². The molecule has 21 heavy (non-hydrogen) atoms. The maximum absolute atomic E-state index is 12.4. The van der Waals surface area contributed by atoms with Crippen LogP contribution in [0.2, 0.25) is 0 Å². The molecule has 4 nitrogen and oxygen atoms in total. The minimum absolute atomic E-state index is 0.00221. The number of rotatable bonds is 6. The highest BCUT2D eigenvalue weighted by Gasteiger charge is 2.19. The van der Waals surface area contributed by atoms with Gasteiger partial charge in [0.1, 0.15) is 0 Å². The van der Waals surface area contributed by atoms with Crippen molar-refractivity contribution >= 4 is 21.8 Å². The van der Waals surface area contributed by atoms with Gasteiger partial charge in [0, 0.05) is 23.8 Å². The first-order valence-electron chi connectivity index (χ1n) is 6.62. The van der Waals surface area contributed by atoms with Crippen molar-refractivity contribution in [3.05, 3.63) is 29.3 Å². The Hall–Kier alpha value is -1.00. The van der Waals surface area contributed by atoms with Crippen LogP contribution in [0.15, 0.2) is 23.1 Å². The molecule has 0 bridgehead atoms. The lowest BCUT2D eigenvalue weighted by Gasteiger charge is -2.14. The van der Waals surface area contributed by atoms with Crippen LogP contribution in [0.5, 0.6) is 0 Å². The Morgan fingerprint density at radius 3 is 2.76 bits per heavy atom. The Morgan fingerprint density at radius 1 is 1.43 bits per heavy atom. The quantitative estimate of drug-likeness (QED) is 0.781. The van der Waals surface area contributed by atoms with Gasteiger partial charge in [-0.25, -0.2) is 13.1 Å². The van der Waals surface area contributed by atoms with E-state index in [0.717, 1.165) is 0 Å². The third-order valence-electron chi connectivity index (χ3n) is 2.72. The lowest BCUT2D eigenvalue weighted by Crippen LogP contribution is -2.34. The van der Waals surface area contributed by atoms with Crippen LogP contribution in [0.1, 0.15) is 24.5 Å². The van der Waals surface area contributed by atoms with Crippen molar-refractivity contribution in [3.63, 3.8) is 0 Å². The zero-order valence-corrected chi connectivity index (χ0v) is 14.1. The molecule has 0 radical (unpaired) electrons. The summed E-state index contributed by atoms with van der Waals surface area (Å²) < 4.78 is 27.5. The van der Waals surface area contributed by atoms with Gasteiger partial charge in [-0.3, -0.25) is 0 Å². The van der Waals surface area contributed by atoms with E-state index in [0.29, 0.717) is 23.3 Å². The zero-order chi connectivity index (χ0) is 15.9. The van der Waals surface area contributed by atoms with E-state index in [4.69, 9.17) is 5.11 Å². The highest BCUT2D eigenvalue weighted by Crippen LogP contribution is 2.17. The van der Waals surface area contributed by atoms with Crippen LogP contribution < -0.4 is 4.72 Å². The van der Waals surface area contributed by atoms with E-state index in [1.807, 2.05) is 13.2 Å². The molecule has 0 spiro atoms. The molecule has 0 saturated carbocycles. The Balaban J connectivity index is 3.06. The lowest BCUT2D eigenvalue weighted by molar-refractivity contribution is 0.305. The molecule has 1 aromatic carbocycles. The Bertz CT molecular complexity index is 630. The van der Waals surface area contributed by atoms with Crippen LogP contribution in [0.25, 0.3) is 0 Å². The number of benzene rings is 1. The minimum atomic E-state index is -3.55. The average Bonchev–Trinajstić information content (AvgIpc) is 2.40. The topological polar surface area (TPSA) is 66.4 Å². The van der Waals surface area contributed by atoms with E-state index >= 15 is 0 Å². The summed E-state index contributed by atoms with van der Waals surface area (Å²) in [5.41, 5.74) is 1.32. The van der Waals surface area contributed by atoms with Gasteiger partial charge in [-0.1, -0.05) is 17.9 Å². The molecule has 1 unspecified atom stereocenters. The summed E-state index contributed by atoms with van der Waals surface area (Å²) in [6.07, 6.45) is 2.31. The second-order valence-electron chi connectivity index (χ2n) is 4.73. The molecular weight excluding hydrogens is 306 g/mol. The Labute approximate surface area is 131 Å². The molecule has 0 aromatic heterocycles. The molecular formula is C15H21NO3S2. The lowest BCUT2D eigenvalue weighted by atomic mass is 10.1. The van der Waals surface area contributed by atoms with Crippen molar-refractivity contribution in [1.29, 1.82) is 0 Å². The van der Waals surface area contributed by atoms with Gasteiger partial charge < -0.3 is 5.11 Å². The van der Waals surface area contributed by atoms with Crippen molar-refractivity contribution in [2.75, 3.05) is 18.6 Å². The summed E-state index contributed by atoms with van der Waals surface area (Å²) in [6.45, 7) is 3.60. The predicted molar refractivity (Wildman–Crippen MR) is 87.9 cm³/mol. The molecule has 0 amide bonds. The molecule has 0 saturated heterocycles. The number of sulfonamides is 1. The first-order valence-corrected chi connectivity index (χ1v) is 9.50. The van der Waals surface area contributed by atoms with Crippen LogP contribution in [-0.2, 0) is 10.0 Å².